The molecular formula is C12H36As3F3S3. The first-order valence-electron chi connectivity index (χ1n) is 6.68. The number of halogens is 3. The molecule has 0 aliphatic heterocycles. The summed E-state index contributed by atoms with van der Waals surface area (Å²) in [5.74, 6) is 8.31. The summed E-state index contributed by atoms with van der Waals surface area (Å²) in [6, 6.07) is 0. The van der Waals surface area contributed by atoms with Crippen molar-refractivity contribution in [1.82, 2.24) is 0 Å². The van der Waals surface area contributed by atoms with Crippen molar-refractivity contribution in [2.24, 2.45) is 0 Å². The third kappa shape index (κ3) is 45.0. The molecule has 0 nitrogen and oxygen atoms in total. The Bertz CT molecular complexity index is 116. The van der Waals surface area contributed by atoms with Crippen molar-refractivity contribution in [1.29, 1.82) is 0 Å². The Labute approximate surface area is 163 Å². The van der Waals surface area contributed by atoms with E-state index in [-0.39, 0.29) is 14.1 Å². The minimum Gasteiger partial charge on any atom is -1.00 e. The van der Waals surface area contributed by atoms with Crippen LogP contribution in [-0.4, -0.2) is 81.6 Å². The molecule has 0 aromatic carbocycles. The van der Waals surface area contributed by atoms with Crippen molar-refractivity contribution in [3.05, 3.63) is 0 Å². The van der Waals surface area contributed by atoms with Gasteiger partial charge in [0, 0.05) is 0 Å². The Morgan fingerprint density at radius 1 is 0.429 bits per heavy atom. The fraction of sp³-hybridized carbons (Fsp3) is 1.00. The summed E-state index contributed by atoms with van der Waals surface area (Å²) in [5, 5.41) is 0. The molecule has 0 saturated heterocycles. The predicted molar refractivity (Wildman–Crippen MR) is 111 cm³/mol. The maximum atomic E-state index is 2.26. The number of hydrogen-bond acceptors (Lipinski definition) is 0. The van der Waals surface area contributed by atoms with E-state index in [0.717, 1.165) is 27.5 Å². The van der Waals surface area contributed by atoms with Crippen molar-refractivity contribution >= 4 is 74.6 Å². The Kier molecular flexibility index (Phi) is 62.9. The van der Waals surface area contributed by atoms with Gasteiger partial charge in [-0.3, -0.25) is 0 Å². The van der Waals surface area contributed by atoms with Crippen molar-refractivity contribution in [3.63, 3.8) is 0 Å². The summed E-state index contributed by atoms with van der Waals surface area (Å²) in [4.78, 5) is 0. The van der Waals surface area contributed by atoms with E-state index in [1.807, 2.05) is 47.1 Å². The van der Waals surface area contributed by atoms with Gasteiger partial charge in [-0.05, 0) is 0 Å². The molecule has 3 unspecified atom stereocenters. The van der Waals surface area contributed by atoms with Gasteiger partial charge in [0.2, 0.25) is 0 Å². The molecule has 0 aromatic heterocycles. The van der Waals surface area contributed by atoms with Crippen LogP contribution < -0.4 is 14.1 Å². The minimum absolute atomic E-state index is 0. The first kappa shape index (κ1) is 38.9. The van der Waals surface area contributed by atoms with Crippen molar-refractivity contribution in [2.45, 2.75) is 41.5 Å². The molecule has 0 spiro atoms. The van der Waals surface area contributed by atoms with Crippen LogP contribution in [0, 0.1) is 0 Å². The van der Waals surface area contributed by atoms with Gasteiger partial charge in [0.05, 0.1) is 0 Å². The van der Waals surface area contributed by atoms with E-state index in [1.165, 1.54) is 34.5 Å². The molecule has 0 saturated carbocycles. The van der Waals surface area contributed by atoms with Crippen LogP contribution in [0.3, 0.4) is 0 Å². The fourth-order valence-electron chi connectivity index (χ4n) is 0.612. The molecule has 0 bridgehead atoms. The van der Waals surface area contributed by atoms with E-state index in [0.29, 0.717) is 0 Å². The van der Waals surface area contributed by atoms with Gasteiger partial charge >= 0.3 is 151 Å². The van der Waals surface area contributed by atoms with Gasteiger partial charge in [-0.15, -0.1) is 0 Å². The topological polar surface area (TPSA) is 0 Å². The second kappa shape index (κ2) is 34.0. The van der Waals surface area contributed by atoms with Crippen LogP contribution in [-0.2, 0) is 27.5 Å². The molecule has 0 heterocycles. The van der Waals surface area contributed by atoms with Crippen LogP contribution in [0.2, 0.25) is 0 Å². The molecule has 21 heavy (non-hydrogen) atoms. The van der Waals surface area contributed by atoms with Gasteiger partial charge < -0.3 is 14.1 Å². The van der Waals surface area contributed by atoms with E-state index >= 15 is 0 Å². The zero-order valence-corrected chi connectivity index (χ0v) is 24.1. The van der Waals surface area contributed by atoms with Gasteiger partial charge in [-0.1, -0.05) is 0 Å². The molecule has 3 atom stereocenters. The molecule has 0 aliphatic carbocycles. The van der Waals surface area contributed by atoms with Crippen LogP contribution >= 0.6 is 0 Å². The molecule has 0 rings (SSSR count). The van der Waals surface area contributed by atoms with Gasteiger partial charge in [0.1, 0.15) is 0 Å². The van der Waals surface area contributed by atoms with E-state index in [2.05, 4.69) is 41.5 Å². The Hall–Kier alpha value is 2.52. The zero-order chi connectivity index (χ0) is 15.0. The largest absolute Gasteiger partial charge is 1.00 e. The smallest absolute Gasteiger partial charge is 1.00 e. The predicted octanol–water partition coefficient (Wildman–Crippen LogP) is -8.41. The average Bonchev–Trinajstić information content (AvgIpc) is 2.45. The van der Waals surface area contributed by atoms with Crippen molar-refractivity contribution in [3.8, 4) is 0 Å². The Morgan fingerprint density at radius 3 is 0.524 bits per heavy atom. The fourth-order valence-corrected chi connectivity index (χ4v) is 1.84. The molecule has 138 valence electrons. The molecule has 0 radical (unpaired) electrons. The number of hydrogen-bond donors (Lipinski definition) is 0. The van der Waals surface area contributed by atoms with Crippen LogP contribution in [0.15, 0.2) is 0 Å². The molecule has 9 heteroatoms. The van der Waals surface area contributed by atoms with Crippen molar-refractivity contribution in [2.75, 3.05) is 34.5 Å². The first-order chi connectivity index (χ1) is 8.42. The second-order valence-electron chi connectivity index (χ2n) is 3.34. The molecule has 0 N–H and O–H groups in total. The maximum absolute atomic E-state index is 2.26. The SMILES string of the molecule is CC[S+]([AsH2])CC.CC[S+]([AsH2])CC.CC[S+]([AsH2])CC.[F-].[F-].[F-]. The third-order valence-corrected chi connectivity index (χ3v) is 19.3. The summed E-state index contributed by atoms with van der Waals surface area (Å²) in [5.41, 5.74) is 0. The Balaban J connectivity index is -0.0000000375. The summed E-state index contributed by atoms with van der Waals surface area (Å²) in [6.07, 6.45) is 0. The zero-order valence-electron chi connectivity index (χ0n) is 14.3. The molecule has 0 aliphatic rings. The normalized spacial score (nSPS) is 8.57. The second-order valence-corrected chi connectivity index (χ2v) is 22.6. The monoisotopic (exact) mass is 558 g/mol. The van der Waals surface area contributed by atoms with Gasteiger partial charge in [0.15, 0.2) is 0 Å². The summed E-state index contributed by atoms with van der Waals surface area (Å²) in [6.45, 7) is 13.5. The van der Waals surface area contributed by atoms with Crippen LogP contribution in [0.1, 0.15) is 41.5 Å². The van der Waals surface area contributed by atoms with E-state index in [1.54, 1.807) is 0 Å². The van der Waals surface area contributed by atoms with Gasteiger partial charge in [0.25, 0.3) is 0 Å². The first-order valence-corrected chi connectivity index (χ1v) is 20.5. The molecule has 0 aromatic rings. The van der Waals surface area contributed by atoms with E-state index < -0.39 is 0 Å². The Morgan fingerprint density at radius 2 is 0.524 bits per heavy atom. The van der Waals surface area contributed by atoms with E-state index in [9.17, 15) is 0 Å². The van der Waals surface area contributed by atoms with Crippen LogP contribution in [0.25, 0.3) is 0 Å². The minimum atomic E-state index is 0. The standard InChI is InChI=1S/3C4H12AsS.3FH/c3*1-3-6(5)4-2;;;/h3*3-5H2,1-2H3;3*1H/q3*+1;;;/p-3. The van der Waals surface area contributed by atoms with Crippen molar-refractivity contribution < 1.29 is 14.1 Å². The molecular weight excluding hydrogens is 522 g/mol. The quantitative estimate of drug-likeness (QED) is 0.225. The van der Waals surface area contributed by atoms with Gasteiger partial charge in [-0.25, -0.2) is 0 Å². The van der Waals surface area contributed by atoms with Crippen LogP contribution in [0.4, 0.5) is 0 Å². The summed E-state index contributed by atoms with van der Waals surface area (Å²) >= 11 is 5.72. The third-order valence-electron chi connectivity index (χ3n) is 2.22. The average molecular weight is 558 g/mol. The summed E-state index contributed by atoms with van der Waals surface area (Å²) in [7, 11) is 2.34. The van der Waals surface area contributed by atoms with E-state index in [4.69, 9.17) is 0 Å². The molecule has 0 amide bonds. The maximum Gasteiger partial charge on any atom is -1.00 e. The van der Waals surface area contributed by atoms with Gasteiger partial charge in [-0.2, -0.15) is 0 Å². The number of rotatable bonds is 6. The van der Waals surface area contributed by atoms with Crippen LogP contribution in [0.5, 0.6) is 0 Å². The summed E-state index contributed by atoms with van der Waals surface area (Å²) < 4.78 is 0. The molecule has 0 fully saturated rings.